The van der Waals surface area contributed by atoms with Crippen molar-refractivity contribution in [3.05, 3.63) is 43.7 Å². The van der Waals surface area contributed by atoms with Crippen LogP contribution in [0.25, 0.3) is 11.6 Å². The van der Waals surface area contributed by atoms with Crippen LogP contribution < -0.4 is 9.47 Å². The topological polar surface area (TPSA) is 42.2 Å². The molecule has 0 saturated heterocycles. The first-order valence-corrected chi connectivity index (χ1v) is 12.8. The first-order chi connectivity index (χ1) is 14.7. The van der Waals surface area contributed by atoms with Gasteiger partial charge in [-0.05, 0) is 71.8 Å². The number of hydrogen-bond donors (Lipinski definition) is 0. The Hall–Kier alpha value is -1.52. The maximum absolute atomic E-state index is 9.72. The van der Waals surface area contributed by atoms with E-state index in [0.29, 0.717) is 18.8 Å². The third-order valence-corrected chi connectivity index (χ3v) is 6.69. The average molecular weight is 538 g/mol. The molecule has 1 aromatic heterocycles. The fourth-order valence-corrected chi connectivity index (χ4v) is 4.65. The lowest BCUT2D eigenvalue weighted by molar-refractivity contribution is 0.296. The number of halogens is 1. The Labute approximate surface area is 199 Å². The molecule has 0 aliphatic heterocycles. The van der Waals surface area contributed by atoms with Crippen molar-refractivity contribution in [3.8, 4) is 17.6 Å². The molecule has 30 heavy (non-hydrogen) atoms. The van der Waals surface area contributed by atoms with Crippen LogP contribution in [0.5, 0.6) is 11.5 Å². The summed E-state index contributed by atoms with van der Waals surface area (Å²) in [5.41, 5.74) is 1.55. The quantitative estimate of drug-likeness (QED) is 0.138. The lowest BCUT2D eigenvalue weighted by Gasteiger charge is -2.12. The van der Waals surface area contributed by atoms with Crippen molar-refractivity contribution >= 4 is 45.6 Å². The highest BCUT2D eigenvalue weighted by Gasteiger charge is 2.10. The van der Waals surface area contributed by atoms with Crippen LogP contribution in [0, 0.1) is 14.2 Å². The van der Waals surface area contributed by atoms with E-state index in [2.05, 4.69) is 42.5 Å². The van der Waals surface area contributed by atoms with Crippen molar-refractivity contribution in [2.45, 2.75) is 65.2 Å². The molecule has 0 fully saturated rings. The number of nitriles is 1. The number of unbranched alkanes of at least 4 members (excludes halogenated alkanes) is 6. The number of ether oxygens (including phenoxy) is 2. The summed E-state index contributed by atoms with van der Waals surface area (Å²) in [5, 5.41) is 9.72. The van der Waals surface area contributed by atoms with Crippen LogP contribution in [0.1, 0.15) is 75.7 Å². The Balaban J connectivity index is 2.17. The normalized spacial score (nSPS) is 11.3. The second-order valence-corrected chi connectivity index (χ2v) is 10.3. The summed E-state index contributed by atoms with van der Waals surface area (Å²) in [7, 11) is 0. The lowest BCUT2D eigenvalue weighted by Crippen LogP contribution is -2.01. The Morgan fingerprint density at radius 2 is 1.67 bits per heavy atom. The fraction of sp³-hybridized carbons (Fsp3) is 0.480. The highest BCUT2D eigenvalue weighted by atomic mass is 127. The molecule has 0 bridgehead atoms. The SMILES string of the molecule is CCCCCCOc1ccc(OCCCCCC)c(/C=C(\C#N)c2ccc(I)s2)c1. The van der Waals surface area contributed by atoms with Crippen LogP contribution in [0.3, 0.4) is 0 Å². The molecule has 2 rings (SSSR count). The molecule has 0 atom stereocenters. The summed E-state index contributed by atoms with van der Waals surface area (Å²) in [5.74, 6) is 1.64. The van der Waals surface area contributed by atoms with Gasteiger partial charge in [0.05, 0.1) is 21.7 Å². The number of thiophene rings is 1. The zero-order valence-electron chi connectivity index (χ0n) is 18.1. The molecule has 0 spiro atoms. The second kappa shape index (κ2) is 14.5. The van der Waals surface area contributed by atoms with Gasteiger partial charge in [0.1, 0.15) is 17.6 Å². The van der Waals surface area contributed by atoms with Crippen molar-refractivity contribution in [3.63, 3.8) is 0 Å². The molecule has 3 nitrogen and oxygen atoms in total. The maximum atomic E-state index is 9.72. The van der Waals surface area contributed by atoms with E-state index in [-0.39, 0.29) is 0 Å². The fourth-order valence-electron chi connectivity index (χ4n) is 3.06. The molecular formula is C25H32INO2S. The minimum absolute atomic E-state index is 0.652. The molecule has 1 heterocycles. The molecule has 0 N–H and O–H groups in total. The van der Waals surface area contributed by atoms with E-state index in [9.17, 15) is 5.26 Å². The summed E-state index contributed by atoms with van der Waals surface area (Å²) in [6, 6.07) is 12.3. The first-order valence-electron chi connectivity index (χ1n) is 10.9. The van der Waals surface area contributed by atoms with Crippen molar-refractivity contribution in [2.24, 2.45) is 0 Å². The van der Waals surface area contributed by atoms with Gasteiger partial charge in [0, 0.05) is 10.4 Å². The van der Waals surface area contributed by atoms with Crippen LogP contribution in [0.15, 0.2) is 30.3 Å². The smallest absolute Gasteiger partial charge is 0.126 e. The van der Waals surface area contributed by atoms with Crippen molar-refractivity contribution in [1.82, 2.24) is 0 Å². The number of benzene rings is 1. The zero-order chi connectivity index (χ0) is 21.6. The van der Waals surface area contributed by atoms with E-state index in [4.69, 9.17) is 9.47 Å². The molecule has 0 amide bonds. The van der Waals surface area contributed by atoms with Gasteiger partial charge in [-0.25, -0.2) is 0 Å². The molecule has 0 radical (unpaired) electrons. The minimum atomic E-state index is 0.652. The van der Waals surface area contributed by atoms with E-state index < -0.39 is 0 Å². The van der Waals surface area contributed by atoms with Gasteiger partial charge in [0.2, 0.25) is 0 Å². The number of rotatable bonds is 14. The van der Waals surface area contributed by atoms with E-state index in [0.717, 1.165) is 34.8 Å². The van der Waals surface area contributed by atoms with Crippen LogP contribution in [-0.2, 0) is 0 Å². The predicted molar refractivity (Wildman–Crippen MR) is 136 cm³/mol. The largest absolute Gasteiger partial charge is 0.494 e. The monoisotopic (exact) mass is 537 g/mol. The van der Waals surface area contributed by atoms with Crippen LogP contribution in [-0.4, -0.2) is 13.2 Å². The Kier molecular flexibility index (Phi) is 11.9. The van der Waals surface area contributed by atoms with Crippen LogP contribution >= 0.6 is 33.9 Å². The van der Waals surface area contributed by atoms with E-state index in [1.54, 1.807) is 11.3 Å². The maximum Gasteiger partial charge on any atom is 0.126 e. The highest BCUT2D eigenvalue weighted by molar-refractivity contribution is 14.1. The zero-order valence-corrected chi connectivity index (χ0v) is 21.1. The Morgan fingerprint density at radius 3 is 2.27 bits per heavy atom. The summed E-state index contributed by atoms with van der Waals surface area (Å²) < 4.78 is 13.2. The van der Waals surface area contributed by atoms with Gasteiger partial charge in [0.25, 0.3) is 0 Å². The van der Waals surface area contributed by atoms with Gasteiger partial charge in [-0.1, -0.05) is 52.4 Å². The van der Waals surface area contributed by atoms with Gasteiger partial charge < -0.3 is 9.47 Å². The Bertz CT molecular complexity index is 838. The summed E-state index contributed by atoms with van der Waals surface area (Å²) in [6.45, 7) is 5.83. The van der Waals surface area contributed by atoms with Gasteiger partial charge >= 0.3 is 0 Å². The number of nitrogens with zero attached hydrogens (tertiary/aromatic N) is 1. The minimum Gasteiger partial charge on any atom is -0.494 e. The second-order valence-electron chi connectivity index (χ2n) is 7.29. The van der Waals surface area contributed by atoms with Gasteiger partial charge in [0.15, 0.2) is 0 Å². The lowest BCUT2D eigenvalue weighted by atomic mass is 10.1. The van der Waals surface area contributed by atoms with Gasteiger partial charge in [-0.3, -0.25) is 0 Å². The highest BCUT2D eigenvalue weighted by Crippen LogP contribution is 2.31. The van der Waals surface area contributed by atoms with Crippen LogP contribution in [0.4, 0.5) is 0 Å². The molecular weight excluding hydrogens is 505 g/mol. The molecule has 0 unspecified atom stereocenters. The summed E-state index contributed by atoms with van der Waals surface area (Å²) >= 11 is 3.91. The standard InChI is InChI=1S/C25H32INO2S/c1-3-5-7-9-15-28-22-11-12-23(29-16-10-8-6-4-2)20(18-22)17-21(19-27)24-13-14-25(26)30-24/h11-14,17-18H,3-10,15-16H2,1-2H3/b21-17+. The summed E-state index contributed by atoms with van der Waals surface area (Å²) in [6.07, 6.45) is 11.3. The average Bonchev–Trinajstić information content (AvgIpc) is 3.18. The van der Waals surface area contributed by atoms with E-state index in [1.165, 1.54) is 41.4 Å². The van der Waals surface area contributed by atoms with Gasteiger partial charge in [-0.15, -0.1) is 11.3 Å². The molecule has 162 valence electrons. The molecule has 1 aromatic carbocycles. The third-order valence-electron chi connectivity index (χ3n) is 4.76. The van der Waals surface area contributed by atoms with E-state index in [1.807, 2.05) is 36.4 Å². The third kappa shape index (κ3) is 8.69. The molecule has 2 aromatic rings. The molecule has 0 aliphatic rings. The molecule has 0 saturated carbocycles. The number of allylic oxidation sites excluding steroid dienone is 1. The molecule has 5 heteroatoms. The van der Waals surface area contributed by atoms with Crippen molar-refractivity contribution < 1.29 is 9.47 Å². The number of hydrogen-bond acceptors (Lipinski definition) is 4. The van der Waals surface area contributed by atoms with Crippen molar-refractivity contribution in [2.75, 3.05) is 13.2 Å². The predicted octanol–water partition coefficient (Wildman–Crippen LogP) is 8.34. The summed E-state index contributed by atoms with van der Waals surface area (Å²) in [4.78, 5) is 0.974. The van der Waals surface area contributed by atoms with Gasteiger partial charge in [-0.2, -0.15) is 5.26 Å². The first kappa shape index (κ1) is 24.7. The van der Waals surface area contributed by atoms with Crippen LogP contribution in [0.2, 0.25) is 0 Å². The van der Waals surface area contributed by atoms with E-state index >= 15 is 0 Å². The van der Waals surface area contributed by atoms with Crippen molar-refractivity contribution in [1.29, 1.82) is 5.26 Å². The molecule has 0 aliphatic carbocycles. The Morgan fingerprint density at radius 1 is 0.967 bits per heavy atom.